The summed E-state index contributed by atoms with van der Waals surface area (Å²) in [6, 6.07) is 0. The summed E-state index contributed by atoms with van der Waals surface area (Å²) in [5.74, 6) is -1.02. The molecule has 0 unspecified atom stereocenters. The molecule has 0 fully saturated rings. The Morgan fingerprint density at radius 2 is 1.19 bits per heavy atom. The lowest BCUT2D eigenvalue weighted by molar-refractivity contribution is -0.173. The van der Waals surface area contributed by atoms with Gasteiger partial charge in [-0.25, -0.2) is 0 Å². The maximum Gasteiger partial charge on any atom is 0.323 e. The van der Waals surface area contributed by atoms with Gasteiger partial charge < -0.3 is 9.47 Å². The zero-order valence-electron chi connectivity index (χ0n) is 13.8. The first-order valence-electron chi connectivity index (χ1n) is 7.43. The van der Waals surface area contributed by atoms with Crippen molar-refractivity contribution in [2.75, 3.05) is 13.2 Å². The Kier molecular flexibility index (Phi) is 8.67. The van der Waals surface area contributed by atoms with Crippen molar-refractivity contribution in [3.05, 3.63) is 24.3 Å². The van der Waals surface area contributed by atoms with E-state index in [0.29, 0.717) is 25.7 Å². The van der Waals surface area contributed by atoms with Crippen molar-refractivity contribution in [3.8, 4) is 0 Å². The molecule has 0 spiro atoms. The minimum Gasteiger partial charge on any atom is -0.465 e. The van der Waals surface area contributed by atoms with Gasteiger partial charge >= 0.3 is 11.9 Å². The van der Waals surface area contributed by atoms with E-state index in [1.54, 1.807) is 13.8 Å². The SMILES string of the molecule is C=C(C)CCC(CCC(=C)C)(C(=O)OCC)C(=O)OCC. The molecule has 0 saturated carbocycles. The first-order chi connectivity index (χ1) is 9.80. The topological polar surface area (TPSA) is 52.6 Å². The summed E-state index contributed by atoms with van der Waals surface area (Å²) in [6.45, 7) is 15.4. The molecule has 0 aliphatic rings. The van der Waals surface area contributed by atoms with Crippen LogP contribution in [0.2, 0.25) is 0 Å². The average Bonchev–Trinajstić information content (AvgIpc) is 2.39. The van der Waals surface area contributed by atoms with Gasteiger partial charge in [0.1, 0.15) is 0 Å². The number of carbonyl (C=O) groups is 2. The van der Waals surface area contributed by atoms with E-state index in [4.69, 9.17) is 9.47 Å². The molecular formula is C17H28O4. The van der Waals surface area contributed by atoms with Crippen molar-refractivity contribution >= 4 is 11.9 Å². The predicted molar refractivity (Wildman–Crippen MR) is 83.8 cm³/mol. The first kappa shape index (κ1) is 19.4. The van der Waals surface area contributed by atoms with Gasteiger partial charge in [0.2, 0.25) is 0 Å². The molecule has 4 heteroatoms. The van der Waals surface area contributed by atoms with Crippen LogP contribution in [0, 0.1) is 5.41 Å². The van der Waals surface area contributed by atoms with Gasteiger partial charge in [0, 0.05) is 0 Å². The fraction of sp³-hybridized carbons (Fsp3) is 0.647. The molecule has 0 bridgehead atoms. The number of carbonyl (C=O) groups excluding carboxylic acids is 2. The molecule has 0 rings (SSSR count). The van der Waals surface area contributed by atoms with Crippen LogP contribution in [0.1, 0.15) is 53.4 Å². The fourth-order valence-electron chi connectivity index (χ4n) is 2.01. The molecule has 0 aromatic heterocycles. The van der Waals surface area contributed by atoms with E-state index in [-0.39, 0.29) is 13.2 Å². The molecule has 0 radical (unpaired) electrons. The van der Waals surface area contributed by atoms with E-state index in [2.05, 4.69) is 13.2 Å². The van der Waals surface area contributed by atoms with Crippen LogP contribution < -0.4 is 0 Å². The normalized spacial score (nSPS) is 10.9. The zero-order valence-corrected chi connectivity index (χ0v) is 13.8. The van der Waals surface area contributed by atoms with E-state index in [1.165, 1.54) is 0 Å². The Morgan fingerprint density at radius 3 is 1.43 bits per heavy atom. The Morgan fingerprint density at radius 1 is 0.857 bits per heavy atom. The molecule has 0 aliphatic carbocycles. The number of rotatable bonds is 10. The second kappa shape index (κ2) is 9.37. The Bertz CT molecular complexity index is 358. The van der Waals surface area contributed by atoms with Crippen LogP contribution in [0.4, 0.5) is 0 Å². The molecular weight excluding hydrogens is 268 g/mol. The van der Waals surface area contributed by atoms with E-state index in [0.717, 1.165) is 11.1 Å². The highest BCUT2D eigenvalue weighted by Gasteiger charge is 2.47. The minimum atomic E-state index is -1.26. The van der Waals surface area contributed by atoms with Gasteiger partial charge in [-0.1, -0.05) is 11.1 Å². The lowest BCUT2D eigenvalue weighted by Crippen LogP contribution is -2.42. The highest BCUT2D eigenvalue weighted by Crippen LogP contribution is 2.35. The summed E-state index contributed by atoms with van der Waals surface area (Å²) in [5.41, 5.74) is 0.579. The maximum atomic E-state index is 12.4. The molecule has 21 heavy (non-hydrogen) atoms. The molecule has 0 saturated heterocycles. The first-order valence-corrected chi connectivity index (χ1v) is 7.43. The molecule has 0 aromatic carbocycles. The van der Waals surface area contributed by atoms with Crippen molar-refractivity contribution < 1.29 is 19.1 Å². The van der Waals surface area contributed by atoms with Crippen LogP contribution in [-0.4, -0.2) is 25.2 Å². The molecule has 120 valence electrons. The van der Waals surface area contributed by atoms with Crippen molar-refractivity contribution in [1.29, 1.82) is 0 Å². The van der Waals surface area contributed by atoms with Crippen molar-refractivity contribution in [2.45, 2.75) is 53.4 Å². The summed E-state index contributed by atoms with van der Waals surface area (Å²) < 4.78 is 10.3. The summed E-state index contributed by atoms with van der Waals surface area (Å²) in [5, 5.41) is 0. The van der Waals surface area contributed by atoms with Crippen LogP contribution in [0.25, 0.3) is 0 Å². The third kappa shape index (κ3) is 6.15. The molecule has 0 heterocycles. The Labute approximate surface area is 128 Å². The van der Waals surface area contributed by atoms with Crippen LogP contribution in [0.15, 0.2) is 24.3 Å². The summed E-state index contributed by atoms with van der Waals surface area (Å²) in [7, 11) is 0. The Hall–Kier alpha value is -1.58. The predicted octanol–water partition coefficient (Wildman–Crippen LogP) is 3.81. The van der Waals surface area contributed by atoms with Gasteiger partial charge in [0.15, 0.2) is 5.41 Å². The molecule has 0 N–H and O–H groups in total. The van der Waals surface area contributed by atoms with Gasteiger partial charge in [-0.2, -0.15) is 0 Å². The van der Waals surface area contributed by atoms with Crippen LogP contribution in [-0.2, 0) is 19.1 Å². The summed E-state index contributed by atoms with van der Waals surface area (Å²) in [4.78, 5) is 24.8. The standard InChI is InChI=1S/C17H28O4/c1-7-20-15(18)17(11-9-13(3)4,12-10-14(5)6)16(19)21-8-2/h3,5,7-12H2,1-2,4,6H3. The largest absolute Gasteiger partial charge is 0.465 e. The smallest absolute Gasteiger partial charge is 0.323 e. The maximum absolute atomic E-state index is 12.4. The van der Waals surface area contributed by atoms with Crippen LogP contribution >= 0.6 is 0 Å². The van der Waals surface area contributed by atoms with Crippen LogP contribution in [0.5, 0.6) is 0 Å². The van der Waals surface area contributed by atoms with Gasteiger partial charge in [0.25, 0.3) is 0 Å². The summed E-state index contributed by atoms with van der Waals surface area (Å²) in [6.07, 6.45) is 1.86. The number of hydrogen-bond acceptors (Lipinski definition) is 4. The van der Waals surface area contributed by atoms with Crippen LogP contribution in [0.3, 0.4) is 0 Å². The summed E-state index contributed by atoms with van der Waals surface area (Å²) >= 11 is 0. The molecule has 0 aromatic rings. The van der Waals surface area contributed by atoms with Gasteiger partial charge in [-0.05, 0) is 53.4 Å². The molecule has 0 amide bonds. The second-order valence-electron chi connectivity index (χ2n) is 5.44. The quantitative estimate of drug-likeness (QED) is 0.349. The number of ether oxygens (including phenoxy) is 2. The van der Waals surface area contributed by atoms with Gasteiger partial charge in [0.05, 0.1) is 13.2 Å². The monoisotopic (exact) mass is 296 g/mol. The van der Waals surface area contributed by atoms with Crippen molar-refractivity contribution in [2.24, 2.45) is 5.41 Å². The third-order valence-corrected chi connectivity index (χ3v) is 3.29. The number of esters is 2. The lowest BCUT2D eigenvalue weighted by atomic mass is 9.77. The third-order valence-electron chi connectivity index (χ3n) is 3.29. The minimum absolute atomic E-state index is 0.236. The van der Waals surface area contributed by atoms with Gasteiger partial charge in [-0.15, -0.1) is 13.2 Å². The van der Waals surface area contributed by atoms with Gasteiger partial charge in [-0.3, -0.25) is 9.59 Å². The molecule has 0 atom stereocenters. The lowest BCUT2D eigenvalue weighted by Gasteiger charge is -2.29. The Balaban J connectivity index is 5.44. The van der Waals surface area contributed by atoms with Crippen molar-refractivity contribution in [3.63, 3.8) is 0 Å². The highest BCUT2D eigenvalue weighted by atomic mass is 16.6. The highest BCUT2D eigenvalue weighted by molar-refractivity contribution is 6.00. The zero-order chi connectivity index (χ0) is 16.5. The number of allylic oxidation sites excluding steroid dienone is 2. The van der Waals surface area contributed by atoms with E-state index >= 15 is 0 Å². The second-order valence-corrected chi connectivity index (χ2v) is 5.44. The fourth-order valence-corrected chi connectivity index (χ4v) is 2.01. The van der Waals surface area contributed by atoms with E-state index in [9.17, 15) is 9.59 Å². The number of hydrogen-bond donors (Lipinski definition) is 0. The van der Waals surface area contributed by atoms with Crippen molar-refractivity contribution in [1.82, 2.24) is 0 Å². The van der Waals surface area contributed by atoms with E-state index < -0.39 is 17.4 Å². The van der Waals surface area contributed by atoms with E-state index in [1.807, 2.05) is 13.8 Å². The average molecular weight is 296 g/mol. The molecule has 0 aliphatic heterocycles. The molecule has 4 nitrogen and oxygen atoms in total.